The first kappa shape index (κ1) is 13.9. The number of nitrogens with one attached hydrogen (secondary N) is 2. The molecule has 8 heteroatoms. The number of H-pyrrole nitrogens is 1. The summed E-state index contributed by atoms with van der Waals surface area (Å²) in [5, 5.41) is 1.04. The van der Waals surface area contributed by atoms with Crippen LogP contribution < -0.4 is 4.72 Å². The Balaban J connectivity index is 2.19. The molecule has 0 aliphatic heterocycles. The van der Waals surface area contributed by atoms with E-state index in [4.69, 9.17) is 0 Å². The van der Waals surface area contributed by atoms with Gasteiger partial charge in [-0.1, -0.05) is 6.07 Å². The van der Waals surface area contributed by atoms with Crippen LogP contribution in [0.15, 0.2) is 36.4 Å². The predicted molar refractivity (Wildman–Crippen MR) is 73.3 cm³/mol. The highest BCUT2D eigenvalue weighted by Gasteiger charge is 2.30. The first-order valence-corrected chi connectivity index (χ1v) is 6.91. The molecule has 1 unspecified atom stereocenters. The first-order chi connectivity index (χ1) is 9.84. The maximum absolute atomic E-state index is 12.7. The van der Waals surface area contributed by atoms with Crippen LogP contribution in [0.25, 0.3) is 21.8 Å². The average Bonchev–Trinajstić information content (AvgIpc) is 2.73. The van der Waals surface area contributed by atoms with Gasteiger partial charge in [0.25, 0.3) is 0 Å². The largest absolute Gasteiger partial charge is 0.755 e. The summed E-state index contributed by atoms with van der Waals surface area (Å²) in [6, 6.07) is 8.03. The highest BCUT2D eigenvalue weighted by molar-refractivity contribution is 7.80. The number of hydrogen-bond donors (Lipinski definition) is 2. The van der Waals surface area contributed by atoms with Crippen molar-refractivity contribution in [2.24, 2.45) is 0 Å². The van der Waals surface area contributed by atoms with Crippen molar-refractivity contribution < 1.29 is 21.9 Å². The summed E-state index contributed by atoms with van der Waals surface area (Å²) in [5.41, 5.74) is 0.718. The van der Waals surface area contributed by atoms with Crippen molar-refractivity contribution in [3.8, 4) is 0 Å². The van der Waals surface area contributed by atoms with E-state index in [0.29, 0.717) is 27.5 Å². The molecule has 0 amide bonds. The van der Waals surface area contributed by atoms with Crippen LogP contribution in [0.4, 0.5) is 18.9 Å². The Morgan fingerprint density at radius 1 is 1.05 bits per heavy atom. The smallest absolute Gasteiger partial charge is 0.416 e. The van der Waals surface area contributed by atoms with Crippen molar-refractivity contribution in [3.05, 3.63) is 42.0 Å². The zero-order chi connectivity index (χ0) is 15.2. The van der Waals surface area contributed by atoms with Crippen molar-refractivity contribution >= 4 is 38.8 Å². The summed E-state index contributed by atoms with van der Waals surface area (Å²) in [6.07, 6.45) is -4.40. The van der Waals surface area contributed by atoms with E-state index in [-0.39, 0.29) is 0 Å². The van der Waals surface area contributed by atoms with Crippen LogP contribution in [0.5, 0.6) is 0 Å². The lowest BCUT2D eigenvalue weighted by atomic mass is 10.1. The standard InChI is InChI=1S/C13H9F3N2O2S/c14-13(15,16)7-1-4-11-10(5-7)9-3-2-8(18-21(19)20)6-12(9)17-11/h1-6,17-18H,(H,19,20)/p-1. The second kappa shape index (κ2) is 4.74. The van der Waals surface area contributed by atoms with E-state index in [1.807, 2.05) is 0 Å². The summed E-state index contributed by atoms with van der Waals surface area (Å²) in [5.74, 6) is 0. The molecule has 1 aromatic heterocycles. The predicted octanol–water partition coefficient (Wildman–Crippen LogP) is 3.55. The average molecular weight is 313 g/mol. The lowest BCUT2D eigenvalue weighted by Gasteiger charge is -2.08. The molecule has 3 rings (SSSR count). The molecule has 0 bridgehead atoms. The summed E-state index contributed by atoms with van der Waals surface area (Å²) in [7, 11) is 0. The van der Waals surface area contributed by atoms with Gasteiger partial charge in [0.15, 0.2) is 0 Å². The van der Waals surface area contributed by atoms with Crippen LogP contribution in [0, 0.1) is 0 Å². The molecule has 110 valence electrons. The Labute approximate surface area is 119 Å². The molecule has 1 atom stereocenters. The molecule has 2 N–H and O–H groups in total. The molecule has 3 aromatic rings. The molecule has 0 aliphatic carbocycles. The fourth-order valence-electron chi connectivity index (χ4n) is 2.24. The SMILES string of the molecule is O=S([O-])Nc1ccc2c(c1)[nH]c1ccc(C(F)(F)F)cc12. The molecule has 0 saturated heterocycles. The number of hydrogen-bond acceptors (Lipinski definition) is 2. The van der Waals surface area contributed by atoms with Crippen molar-refractivity contribution in [3.63, 3.8) is 0 Å². The van der Waals surface area contributed by atoms with E-state index in [2.05, 4.69) is 9.71 Å². The molecule has 0 radical (unpaired) electrons. The van der Waals surface area contributed by atoms with Gasteiger partial charge in [-0.3, -0.25) is 4.21 Å². The molecular weight excluding hydrogens is 305 g/mol. The maximum atomic E-state index is 12.7. The summed E-state index contributed by atoms with van der Waals surface area (Å²) < 4.78 is 61.6. The highest BCUT2D eigenvalue weighted by atomic mass is 32.2. The topological polar surface area (TPSA) is 67.9 Å². The first-order valence-electron chi connectivity index (χ1n) is 5.83. The molecule has 0 fully saturated rings. The van der Waals surface area contributed by atoms with E-state index in [9.17, 15) is 21.9 Å². The van der Waals surface area contributed by atoms with Gasteiger partial charge in [0.05, 0.1) is 5.56 Å². The van der Waals surface area contributed by atoms with E-state index < -0.39 is 23.0 Å². The molecule has 0 spiro atoms. The third-order valence-electron chi connectivity index (χ3n) is 3.13. The Hall–Kier alpha value is -2.06. The monoisotopic (exact) mass is 313 g/mol. The molecular formula is C13H8F3N2O2S-. The third-order valence-corrected chi connectivity index (χ3v) is 3.53. The molecule has 21 heavy (non-hydrogen) atoms. The number of aromatic nitrogens is 1. The van der Waals surface area contributed by atoms with Crippen molar-refractivity contribution in [2.75, 3.05) is 4.72 Å². The van der Waals surface area contributed by atoms with Crippen LogP contribution in [-0.4, -0.2) is 13.7 Å². The van der Waals surface area contributed by atoms with Crippen molar-refractivity contribution in [1.82, 2.24) is 4.98 Å². The second-order valence-corrected chi connectivity index (χ2v) is 5.15. The van der Waals surface area contributed by atoms with Gasteiger partial charge in [-0.15, -0.1) is 0 Å². The molecule has 4 nitrogen and oxygen atoms in total. The summed E-state index contributed by atoms with van der Waals surface area (Å²) in [4.78, 5) is 2.96. The van der Waals surface area contributed by atoms with Crippen LogP contribution in [0.1, 0.15) is 5.56 Å². The minimum absolute atomic E-state index is 0.332. The Morgan fingerprint density at radius 2 is 1.81 bits per heavy atom. The van der Waals surface area contributed by atoms with Gasteiger partial charge in [0, 0.05) is 38.8 Å². The third kappa shape index (κ3) is 2.59. The van der Waals surface area contributed by atoms with Crippen molar-refractivity contribution in [2.45, 2.75) is 6.18 Å². The zero-order valence-corrected chi connectivity index (χ0v) is 11.1. The van der Waals surface area contributed by atoms with Crippen LogP contribution in [0.2, 0.25) is 0 Å². The summed E-state index contributed by atoms with van der Waals surface area (Å²) in [6.45, 7) is 0. The molecule has 0 saturated carbocycles. The fraction of sp³-hybridized carbons (Fsp3) is 0.0769. The van der Waals surface area contributed by atoms with E-state index in [0.717, 1.165) is 12.1 Å². The molecule has 1 heterocycles. The van der Waals surface area contributed by atoms with E-state index >= 15 is 0 Å². The summed E-state index contributed by atoms with van der Waals surface area (Å²) >= 11 is -2.46. The van der Waals surface area contributed by atoms with Crippen LogP contribution in [-0.2, 0) is 17.4 Å². The minimum Gasteiger partial charge on any atom is -0.755 e. The number of alkyl halides is 3. The van der Waals surface area contributed by atoms with Gasteiger partial charge in [-0.05, 0) is 30.3 Å². The van der Waals surface area contributed by atoms with E-state index in [1.165, 1.54) is 18.2 Å². The zero-order valence-electron chi connectivity index (χ0n) is 10.3. The van der Waals surface area contributed by atoms with Gasteiger partial charge >= 0.3 is 6.18 Å². The van der Waals surface area contributed by atoms with Gasteiger partial charge in [-0.25, -0.2) is 0 Å². The molecule has 0 aliphatic rings. The Bertz CT molecular complexity index is 858. The Kier molecular flexibility index (Phi) is 3.14. The van der Waals surface area contributed by atoms with Gasteiger partial charge in [-0.2, -0.15) is 13.2 Å². The minimum atomic E-state index is -4.40. The number of aromatic amines is 1. The van der Waals surface area contributed by atoms with Crippen molar-refractivity contribution in [1.29, 1.82) is 0 Å². The van der Waals surface area contributed by atoms with Gasteiger partial charge in [0.2, 0.25) is 0 Å². The van der Waals surface area contributed by atoms with Gasteiger partial charge in [0.1, 0.15) is 0 Å². The van der Waals surface area contributed by atoms with Crippen LogP contribution >= 0.6 is 0 Å². The fourth-order valence-corrected chi connectivity index (χ4v) is 2.56. The number of anilines is 1. The number of fused-ring (bicyclic) bond motifs is 3. The number of benzene rings is 2. The maximum Gasteiger partial charge on any atom is 0.416 e. The van der Waals surface area contributed by atoms with E-state index in [1.54, 1.807) is 6.07 Å². The Morgan fingerprint density at radius 3 is 2.48 bits per heavy atom. The lowest BCUT2D eigenvalue weighted by molar-refractivity contribution is -0.137. The normalized spacial score (nSPS) is 13.7. The van der Waals surface area contributed by atoms with Gasteiger partial charge < -0.3 is 14.3 Å². The quantitative estimate of drug-likeness (QED) is 0.710. The van der Waals surface area contributed by atoms with Crippen LogP contribution in [0.3, 0.4) is 0 Å². The highest BCUT2D eigenvalue weighted by Crippen LogP contribution is 2.34. The number of halogens is 3. The number of rotatable bonds is 2. The second-order valence-electron chi connectivity index (χ2n) is 4.48. The molecule has 2 aromatic carbocycles. The lowest BCUT2D eigenvalue weighted by Crippen LogP contribution is -2.03.